The maximum Gasteiger partial charge on any atom is 0.258 e. The molecule has 1 amide bonds. The number of aromatic nitrogens is 3. The van der Waals surface area contributed by atoms with Gasteiger partial charge in [-0.2, -0.15) is 0 Å². The molecule has 0 atom stereocenters. The van der Waals surface area contributed by atoms with Crippen molar-refractivity contribution in [1.82, 2.24) is 15.0 Å². The second-order valence-electron chi connectivity index (χ2n) is 6.83. The number of primary amides is 1. The van der Waals surface area contributed by atoms with E-state index in [1.165, 1.54) is 37.6 Å². The Labute approximate surface area is 188 Å². The zero-order valence-corrected chi connectivity index (χ0v) is 18.3. The summed E-state index contributed by atoms with van der Waals surface area (Å²) in [5, 5.41) is 0.257. The van der Waals surface area contributed by atoms with E-state index in [0.29, 0.717) is 28.2 Å². The molecule has 0 fully saturated rings. The summed E-state index contributed by atoms with van der Waals surface area (Å²) in [6.45, 7) is 4.00. The lowest BCUT2D eigenvalue weighted by atomic mass is 10.1. The molecule has 9 heteroatoms. The van der Waals surface area contributed by atoms with Crippen molar-refractivity contribution in [3.63, 3.8) is 0 Å². The Kier molecular flexibility index (Phi) is 7.12. The molecule has 3 N–H and O–H groups in total. The summed E-state index contributed by atoms with van der Waals surface area (Å²) in [6.07, 6.45) is 1.78. The van der Waals surface area contributed by atoms with Gasteiger partial charge in [0.2, 0.25) is 0 Å². The van der Waals surface area contributed by atoms with E-state index < -0.39 is 23.1 Å². The summed E-state index contributed by atoms with van der Waals surface area (Å²) in [4.78, 5) is 35.5. The Balaban J connectivity index is 0.00000149. The number of hydrogen-bond donors (Lipinski definition) is 2. The van der Waals surface area contributed by atoms with E-state index >= 15 is 0 Å². The third-order valence-corrected chi connectivity index (χ3v) is 4.70. The Morgan fingerprint density at radius 2 is 1.79 bits per heavy atom. The minimum atomic E-state index is -0.698. The maximum atomic E-state index is 13.4. The first kappa shape index (κ1) is 23.5. The quantitative estimate of drug-likeness (QED) is 0.476. The minimum Gasteiger partial charge on any atom is -0.496 e. The number of nitrogens with zero attached hydrogens (tertiary/aromatic N) is 2. The number of methoxy groups -OCH3 is 1. The van der Waals surface area contributed by atoms with Gasteiger partial charge < -0.3 is 15.5 Å². The molecule has 0 aliphatic carbocycles. The van der Waals surface area contributed by atoms with Crippen LogP contribution in [0.2, 0.25) is 0 Å². The van der Waals surface area contributed by atoms with Gasteiger partial charge in [0, 0.05) is 24.2 Å². The van der Waals surface area contributed by atoms with Crippen molar-refractivity contribution < 1.29 is 18.3 Å². The number of amides is 1. The lowest BCUT2D eigenvalue weighted by Gasteiger charge is -2.09. The molecule has 2 aromatic carbocycles. The standard InChI is InChI=1S/C22H16F2N4O3.C2H6/c1-31-19-9-15-18(8-16(19)21(25)29)27-20(28-22(15)30)4-11-2-3-17(26-10-11)12-5-13(23)7-14(24)6-12;1-2/h2-3,5-10H,4H2,1H3,(H2,25,29)(H,27,28,30);1-2H3. The zero-order valence-electron chi connectivity index (χ0n) is 18.3. The average Bonchev–Trinajstić information content (AvgIpc) is 2.79. The smallest absolute Gasteiger partial charge is 0.258 e. The third-order valence-electron chi connectivity index (χ3n) is 4.70. The molecule has 0 unspecified atom stereocenters. The fourth-order valence-electron chi connectivity index (χ4n) is 3.25. The van der Waals surface area contributed by atoms with Gasteiger partial charge in [0.05, 0.1) is 29.3 Å². The van der Waals surface area contributed by atoms with Gasteiger partial charge in [-0.25, -0.2) is 13.8 Å². The van der Waals surface area contributed by atoms with Crippen LogP contribution in [0.1, 0.15) is 35.6 Å². The predicted molar refractivity (Wildman–Crippen MR) is 121 cm³/mol. The lowest BCUT2D eigenvalue weighted by molar-refractivity contribution is 0.0997. The lowest BCUT2D eigenvalue weighted by Crippen LogP contribution is -2.16. The molecule has 0 saturated carbocycles. The summed E-state index contributed by atoms with van der Waals surface area (Å²) >= 11 is 0. The molecule has 0 saturated heterocycles. The number of halogens is 2. The number of nitrogens with one attached hydrogen (secondary N) is 1. The van der Waals surface area contributed by atoms with Gasteiger partial charge in [0.1, 0.15) is 23.2 Å². The molecule has 0 aliphatic rings. The second kappa shape index (κ2) is 9.99. The first-order chi connectivity index (χ1) is 15.8. The van der Waals surface area contributed by atoms with Gasteiger partial charge in [-0.05, 0) is 35.9 Å². The van der Waals surface area contributed by atoms with Gasteiger partial charge in [-0.3, -0.25) is 14.6 Å². The Bertz CT molecular complexity index is 1350. The number of carbonyl (C=O) groups excluding carboxylic acids is 1. The van der Waals surface area contributed by atoms with Crippen LogP contribution in [0.4, 0.5) is 8.78 Å². The molecule has 2 aromatic heterocycles. The highest BCUT2D eigenvalue weighted by molar-refractivity contribution is 5.99. The number of fused-ring (bicyclic) bond motifs is 1. The summed E-state index contributed by atoms with van der Waals surface area (Å²) in [5.41, 5.74) is 6.83. The van der Waals surface area contributed by atoms with E-state index in [4.69, 9.17) is 10.5 Å². The summed E-state index contributed by atoms with van der Waals surface area (Å²) in [6, 6.07) is 9.35. The van der Waals surface area contributed by atoms with Gasteiger partial charge in [-0.15, -0.1) is 0 Å². The number of ether oxygens (including phenoxy) is 1. The molecule has 0 radical (unpaired) electrons. The topological polar surface area (TPSA) is 111 Å². The SMILES string of the molecule is CC.COc1cc2c(=O)[nH]c(Cc3ccc(-c4cc(F)cc(F)c4)nc3)nc2cc1C(N)=O. The maximum absolute atomic E-state index is 13.4. The summed E-state index contributed by atoms with van der Waals surface area (Å²) < 4.78 is 32.0. The number of nitrogens with two attached hydrogens (primary N) is 1. The monoisotopic (exact) mass is 452 g/mol. The summed E-state index contributed by atoms with van der Waals surface area (Å²) in [7, 11) is 1.37. The molecular weight excluding hydrogens is 430 g/mol. The number of aromatic amines is 1. The number of rotatable bonds is 5. The largest absolute Gasteiger partial charge is 0.496 e. The Hall–Kier alpha value is -4.14. The van der Waals surface area contributed by atoms with Crippen molar-refractivity contribution in [3.8, 4) is 17.0 Å². The molecular formula is C24H22F2N4O3. The van der Waals surface area contributed by atoms with Crippen molar-refractivity contribution >= 4 is 16.8 Å². The van der Waals surface area contributed by atoms with Crippen LogP contribution >= 0.6 is 0 Å². The normalized spacial score (nSPS) is 10.5. The highest BCUT2D eigenvalue weighted by Gasteiger charge is 2.14. The van der Waals surface area contributed by atoms with E-state index in [-0.39, 0.29) is 23.1 Å². The molecule has 0 bridgehead atoms. The molecule has 170 valence electrons. The molecule has 4 aromatic rings. The van der Waals surface area contributed by atoms with Crippen LogP contribution in [-0.2, 0) is 6.42 Å². The molecule has 4 rings (SSSR count). The van der Waals surface area contributed by atoms with Crippen molar-refractivity contribution in [1.29, 1.82) is 0 Å². The molecule has 33 heavy (non-hydrogen) atoms. The van der Waals surface area contributed by atoms with Crippen molar-refractivity contribution in [2.24, 2.45) is 5.73 Å². The second-order valence-corrected chi connectivity index (χ2v) is 6.83. The van der Waals surface area contributed by atoms with Crippen LogP contribution in [-0.4, -0.2) is 28.0 Å². The first-order valence-electron chi connectivity index (χ1n) is 10.2. The van der Waals surface area contributed by atoms with E-state index in [2.05, 4.69) is 15.0 Å². The van der Waals surface area contributed by atoms with E-state index in [0.717, 1.165) is 6.07 Å². The zero-order chi connectivity index (χ0) is 24.1. The van der Waals surface area contributed by atoms with Crippen molar-refractivity contribution in [2.45, 2.75) is 20.3 Å². The number of benzene rings is 2. The highest BCUT2D eigenvalue weighted by atomic mass is 19.1. The molecule has 0 aliphatic heterocycles. The summed E-state index contributed by atoms with van der Waals surface area (Å²) in [5.74, 6) is -1.54. The van der Waals surface area contributed by atoms with E-state index in [1.807, 2.05) is 13.8 Å². The van der Waals surface area contributed by atoms with Gasteiger partial charge in [-0.1, -0.05) is 19.9 Å². The van der Waals surface area contributed by atoms with Crippen LogP contribution in [0.25, 0.3) is 22.2 Å². The fraction of sp³-hybridized carbons (Fsp3) is 0.167. The molecule has 0 spiro atoms. The molecule has 7 nitrogen and oxygen atoms in total. The number of pyridine rings is 1. The number of hydrogen-bond acceptors (Lipinski definition) is 5. The van der Waals surface area contributed by atoms with Gasteiger partial charge >= 0.3 is 0 Å². The van der Waals surface area contributed by atoms with Crippen LogP contribution in [0.3, 0.4) is 0 Å². The number of carbonyl (C=O) groups is 1. The Morgan fingerprint density at radius 3 is 2.36 bits per heavy atom. The Morgan fingerprint density at radius 1 is 1.09 bits per heavy atom. The third kappa shape index (κ3) is 5.20. The number of H-pyrrole nitrogens is 1. The van der Waals surface area contributed by atoms with Crippen molar-refractivity contribution in [2.75, 3.05) is 7.11 Å². The van der Waals surface area contributed by atoms with Crippen LogP contribution in [0.15, 0.2) is 53.5 Å². The van der Waals surface area contributed by atoms with Crippen molar-refractivity contribution in [3.05, 3.63) is 87.6 Å². The minimum absolute atomic E-state index is 0.118. The fourth-order valence-corrected chi connectivity index (χ4v) is 3.25. The first-order valence-corrected chi connectivity index (χ1v) is 10.2. The van der Waals surface area contributed by atoms with E-state index in [1.54, 1.807) is 12.1 Å². The van der Waals surface area contributed by atoms with Crippen LogP contribution in [0, 0.1) is 11.6 Å². The van der Waals surface area contributed by atoms with Crippen LogP contribution < -0.4 is 16.0 Å². The van der Waals surface area contributed by atoms with Crippen LogP contribution in [0.5, 0.6) is 5.75 Å². The predicted octanol–water partition coefficient (Wildman–Crippen LogP) is 3.99. The molecule has 2 heterocycles. The van der Waals surface area contributed by atoms with Gasteiger partial charge in [0.25, 0.3) is 11.5 Å². The average molecular weight is 452 g/mol. The van der Waals surface area contributed by atoms with E-state index in [9.17, 15) is 18.4 Å². The highest BCUT2D eigenvalue weighted by Crippen LogP contribution is 2.23. The van der Waals surface area contributed by atoms with Gasteiger partial charge in [0.15, 0.2) is 0 Å².